The van der Waals surface area contributed by atoms with E-state index in [0.717, 1.165) is 0 Å². The highest BCUT2D eigenvalue weighted by atomic mass is 19.4. The summed E-state index contributed by atoms with van der Waals surface area (Å²) in [6.07, 6.45) is -67.7. The molecule has 0 amide bonds. The van der Waals surface area contributed by atoms with Crippen molar-refractivity contribution in [1.29, 1.82) is 0 Å². The molecule has 0 N–H and O–H groups in total. The minimum absolute atomic E-state index is 0.114. The van der Waals surface area contributed by atoms with E-state index in [4.69, 9.17) is 0 Å². The summed E-state index contributed by atoms with van der Waals surface area (Å²) in [6.45, 7) is 0. The van der Waals surface area contributed by atoms with Crippen LogP contribution in [0.1, 0.15) is 0 Å². The fourth-order valence-corrected chi connectivity index (χ4v) is 3.93. The van der Waals surface area contributed by atoms with Crippen molar-refractivity contribution < 1.29 is 162 Å². The molecule has 4 atom stereocenters. The second-order valence-corrected chi connectivity index (χ2v) is 11.8. The average Bonchev–Trinajstić information content (AvgIpc) is 3.15. The van der Waals surface area contributed by atoms with Crippen LogP contribution in [0.15, 0.2) is 48.5 Å². The lowest BCUT2D eigenvalue weighted by Gasteiger charge is -2.38. The fourth-order valence-electron chi connectivity index (χ4n) is 3.93. The number of hydrogen-bond acceptors (Lipinski definition) is 10. The number of alkyl halides is 26. The number of carbonyl (C=O) groups is 2. The number of methoxy groups -OCH3 is 2. The number of ether oxygens (including phenoxy) is 8. The molecule has 378 valence electrons. The molecule has 0 radical (unpaired) electrons. The lowest BCUT2D eigenvalue weighted by Crippen LogP contribution is -2.65. The van der Waals surface area contributed by atoms with E-state index in [2.05, 4.69) is 28.4 Å². The molecule has 4 unspecified atom stereocenters. The van der Waals surface area contributed by atoms with E-state index in [1.165, 1.54) is 0 Å². The third-order valence-corrected chi connectivity index (χ3v) is 7.21. The summed E-state index contributed by atoms with van der Waals surface area (Å²) in [5.74, 6) is -38.7. The second-order valence-electron chi connectivity index (χ2n) is 11.8. The van der Waals surface area contributed by atoms with Crippen LogP contribution in [-0.4, -0.2) is 111 Å². The Morgan fingerprint density at radius 2 is 0.652 bits per heavy atom. The van der Waals surface area contributed by atoms with Crippen molar-refractivity contribution in [3.63, 3.8) is 0 Å². The van der Waals surface area contributed by atoms with Crippen molar-refractivity contribution >= 4 is 11.9 Å². The van der Waals surface area contributed by atoms with Gasteiger partial charge in [-0.3, -0.25) is 18.9 Å². The SMILES string of the molecule is COC(=O)C(F)(F)C(F)(F)OC(F)(C(F)(F)F)C(F)(F)OC(F)C(F)(F)Oc1ccc(-c2ccc(OC(F)(F)C(F)OC(F)(F)C(F)(OC(F)(F)C(F)(F)C(=O)OC)C(F)(F)F)cc2)cc1. The Kier molecular flexibility index (Phi) is 15.8. The van der Waals surface area contributed by atoms with Gasteiger partial charge in [0.05, 0.1) is 14.2 Å². The minimum atomic E-state index is -7.70. The minimum Gasteiger partial charge on any atom is -0.464 e. The Morgan fingerprint density at radius 3 is 0.864 bits per heavy atom. The van der Waals surface area contributed by atoms with Gasteiger partial charge in [0.15, 0.2) is 0 Å². The third-order valence-electron chi connectivity index (χ3n) is 7.21. The Morgan fingerprint density at radius 1 is 0.409 bits per heavy atom. The standard InChI is InChI=1S/C30H16F26O10/c1-59-17(57)19(33,34)27(49,50)65-23(41,25(43,44)45)29(53,54)63-15(31)21(37,38)61-13-7-3-11(4-8-13)12-5-9-14(10-6-12)62-22(39,40)16(32)64-30(55,56)24(42,26(46,47)48)66-28(51,52)20(35,36)18(58)60-2/h3-10,15-16H,1-2H3. The molecule has 0 aliphatic rings. The summed E-state index contributed by atoms with van der Waals surface area (Å²) in [5, 5.41) is 0. The number of carbonyl (C=O) groups excluding carboxylic acids is 2. The van der Waals surface area contributed by atoms with Gasteiger partial charge >= 0.3 is 97.2 Å². The van der Waals surface area contributed by atoms with Crippen molar-refractivity contribution in [3.8, 4) is 22.6 Å². The van der Waals surface area contributed by atoms with Crippen LogP contribution < -0.4 is 9.47 Å². The van der Waals surface area contributed by atoms with Crippen molar-refractivity contribution in [1.82, 2.24) is 0 Å². The van der Waals surface area contributed by atoms with Crippen molar-refractivity contribution in [2.75, 3.05) is 14.2 Å². The molecule has 0 aromatic heterocycles. The van der Waals surface area contributed by atoms with Crippen LogP contribution in [0.2, 0.25) is 0 Å². The fraction of sp³-hybridized carbons (Fsp3) is 0.533. The largest absolute Gasteiger partial charge is 0.464 e. The maximum Gasteiger partial charge on any atom is 0.458 e. The van der Waals surface area contributed by atoms with Gasteiger partial charge in [-0.2, -0.15) is 105 Å². The highest BCUT2D eigenvalue weighted by molar-refractivity contribution is 5.79. The molecule has 2 rings (SSSR count). The number of esters is 2. The first kappa shape index (κ1) is 57.1. The molecule has 0 saturated heterocycles. The number of hydrogen-bond donors (Lipinski definition) is 0. The molecule has 0 spiro atoms. The van der Waals surface area contributed by atoms with Gasteiger partial charge < -0.3 is 18.9 Å². The summed E-state index contributed by atoms with van der Waals surface area (Å²) < 4.78 is 380. The predicted molar refractivity (Wildman–Crippen MR) is 151 cm³/mol. The zero-order valence-corrected chi connectivity index (χ0v) is 30.7. The Hall–Kier alpha value is -5.00. The maximum absolute atomic E-state index is 14.4. The summed E-state index contributed by atoms with van der Waals surface area (Å²) >= 11 is 0. The Balaban J connectivity index is 2.27. The van der Waals surface area contributed by atoms with Crippen molar-refractivity contribution in [3.05, 3.63) is 48.5 Å². The molecule has 36 heteroatoms. The van der Waals surface area contributed by atoms with E-state index in [9.17, 15) is 124 Å². The van der Waals surface area contributed by atoms with E-state index in [1.807, 2.05) is 9.47 Å². The highest BCUT2D eigenvalue weighted by Gasteiger charge is 2.83. The lowest BCUT2D eigenvalue weighted by atomic mass is 10.1. The van der Waals surface area contributed by atoms with E-state index in [0.29, 0.717) is 24.3 Å². The first-order valence-electron chi connectivity index (χ1n) is 15.6. The van der Waals surface area contributed by atoms with Gasteiger partial charge in [-0.1, -0.05) is 24.3 Å². The van der Waals surface area contributed by atoms with Gasteiger partial charge in [0.25, 0.3) is 0 Å². The van der Waals surface area contributed by atoms with Crippen LogP contribution in [0.25, 0.3) is 11.1 Å². The summed E-state index contributed by atoms with van der Waals surface area (Å²) in [5.41, 5.74) is -0.713. The smallest absolute Gasteiger partial charge is 0.458 e. The molecular formula is C30H16F26O10. The Labute approximate surface area is 345 Å². The second kappa shape index (κ2) is 18.2. The first-order valence-corrected chi connectivity index (χ1v) is 15.6. The van der Waals surface area contributed by atoms with Gasteiger partial charge in [-0.25, -0.2) is 18.4 Å². The van der Waals surface area contributed by atoms with Crippen LogP contribution in [0, 0.1) is 0 Å². The highest BCUT2D eigenvalue weighted by Crippen LogP contribution is 2.55. The summed E-state index contributed by atoms with van der Waals surface area (Å²) in [6, 6.07) is 3.35. The lowest BCUT2D eigenvalue weighted by molar-refractivity contribution is -0.529. The third kappa shape index (κ3) is 11.2. The molecule has 0 aliphatic carbocycles. The Bertz CT molecular complexity index is 1850. The number of benzene rings is 2. The molecule has 66 heavy (non-hydrogen) atoms. The van der Waals surface area contributed by atoms with Crippen LogP contribution in [0.5, 0.6) is 11.5 Å². The predicted octanol–water partition coefficient (Wildman–Crippen LogP) is 10.4. The van der Waals surface area contributed by atoms with Gasteiger partial charge in [-0.15, -0.1) is 0 Å². The summed E-state index contributed by atoms with van der Waals surface area (Å²) in [4.78, 5) is 21.6. The molecule has 0 saturated carbocycles. The van der Waals surface area contributed by atoms with E-state index >= 15 is 0 Å². The molecule has 10 nitrogen and oxygen atoms in total. The van der Waals surface area contributed by atoms with Gasteiger partial charge in [0.2, 0.25) is 0 Å². The monoisotopic (exact) mass is 1030 g/mol. The molecule has 0 heterocycles. The van der Waals surface area contributed by atoms with E-state index < -0.39 is 109 Å². The van der Waals surface area contributed by atoms with Crippen LogP contribution in [0.4, 0.5) is 114 Å². The molecular weight excluding hydrogens is 1010 g/mol. The van der Waals surface area contributed by atoms with Gasteiger partial charge in [-0.05, 0) is 35.4 Å². The van der Waals surface area contributed by atoms with Crippen molar-refractivity contribution in [2.24, 2.45) is 0 Å². The molecule has 0 aliphatic heterocycles. The number of halogens is 26. The zero-order valence-electron chi connectivity index (χ0n) is 30.7. The van der Waals surface area contributed by atoms with E-state index in [1.54, 1.807) is 0 Å². The maximum atomic E-state index is 14.4. The topological polar surface area (TPSA) is 108 Å². The molecule has 2 aromatic carbocycles. The first-order chi connectivity index (χ1) is 29.3. The quantitative estimate of drug-likeness (QED) is 0.0886. The van der Waals surface area contributed by atoms with Gasteiger partial charge in [0, 0.05) is 0 Å². The van der Waals surface area contributed by atoms with E-state index in [-0.39, 0.29) is 49.6 Å². The average molecular weight is 1030 g/mol. The normalized spacial score (nSPS) is 17.0. The van der Waals surface area contributed by atoms with Gasteiger partial charge in [0.1, 0.15) is 11.5 Å². The molecule has 0 fully saturated rings. The number of rotatable bonds is 21. The summed E-state index contributed by atoms with van der Waals surface area (Å²) in [7, 11) is -0.228. The van der Waals surface area contributed by atoms with Crippen LogP contribution in [0.3, 0.4) is 0 Å². The molecule has 2 aromatic rings. The zero-order chi connectivity index (χ0) is 51.9. The van der Waals surface area contributed by atoms with Crippen LogP contribution in [-0.2, 0) is 38.0 Å². The van der Waals surface area contributed by atoms with Crippen molar-refractivity contribution in [2.45, 2.75) is 85.3 Å². The molecule has 0 bridgehead atoms. The van der Waals surface area contributed by atoms with Crippen LogP contribution >= 0.6 is 0 Å².